The fraction of sp³-hybridized carbons (Fsp3) is 0.257. The van der Waals surface area contributed by atoms with E-state index in [2.05, 4.69) is 56.7 Å². The zero-order chi connectivity index (χ0) is 30.6. The topological polar surface area (TPSA) is 110 Å². The van der Waals surface area contributed by atoms with E-state index in [4.69, 9.17) is 19.4 Å². The molecule has 1 aromatic carbocycles. The highest BCUT2D eigenvalue weighted by atomic mass is 16.5. The summed E-state index contributed by atoms with van der Waals surface area (Å²) in [5.74, 6) is -0.885. The first-order valence-electron chi connectivity index (χ1n) is 14.2. The highest BCUT2D eigenvalue weighted by Crippen LogP contribution is 2.38. The molecule has 2 aliphatic heterocycles. The van der Waals surface area contributed by atoms with Gasteiger partial charge in [-0.1, -0.05) is 31.5 Å². The van der Waals surface area contributed by atoms with Crippen molar-refractivity contribution >= 4 is 45.7 Å². The Kier molecular flexibility index (Phi) is 6.80. The number of benzene rings is 1. The first-order chi connectivity index (χ1) is 20.5. The molecule has 6 rings (SSSR count). The fourth-order valence-electron chi connectivity index (χ4n) is 6.18. The van der Waals surface area contributed by atoms with Gasteiger partial charge in [0.2, 0.25) is 0 Å². The van der Waals surface area contributed by atoms with Crippen LogP contribution in [0.15, 0.2) is 48.5 Å². The second kappa shape index (κ2) is 10.4. The number of ether oxygens (including phenoxy) is 2. The van der Waals surface area contributed by atoms with Crippen LogP contribution in [0.4, 0.5) is 0 Å². The van der Waals surface area contributed by atoms with Gasteiger partial charge in [0.25, 0.3) is 0 Å². The van der Waals surface area contributed by atoms with E-state index in [1.807, 2.05) is 30.3 Å². The number of aryl methyl sites for hydroxylation is 3. The highest BCUT2D eigenvalue weighted by Gasteiger charge is 2.30. The number of carbonyl (C=O) groups is 2. The molecule has 218 valence electrons. The Bertz CT molecular complexity index is 2000. The summed E-state index contributed by atoms with van der Waals surface area (Å²) >= 11 is 0. The Hall–Kier alpha value is -4.98. The standard InChI is InChI=1S/C35H34N4O4/c1-18-10-19(2)31(20(3)11-18)32-26-9-8-21(36-26)13-27-24(33(40)42-6)12-22(37-27)15-30-35(4,5)17-23(38-30)14-28-25(34(41)43-7)16-29(32)39-28/h8-16,36-37H,17H2,1-7H3. The third-order valence-corrected chi connectivity index (χ3v) is 8.11. The SMILES string of the molecule is COC(=O)C1=Cc2nc1cc1nc(cc3cc(C(=O)OC)c(cc4ccc([nH]4)c2-c2c(C)cc(C)cc2C)[nH]3)C(C)(C)C1. The second-order valence-corrected chi connectivity index (χ2v) is 11.9. The quantitative estimate of drug-likeness (QED) is 0.257. The summed E-state index contributed by atoms with van der Waals surface area (Å²) in [6, 6.07) is 15.8. The molecule has 0 atom stereocenters. The number of fused-ring (bicyclic) bond motifs is 8. The van der Waals surface area contributed by atoms with Crippen LogP contribution >= 0.6 is 0 Å². The predicted octanol–water partition coefficient (Wildman–Crippen LogP) is 6.93. The Morgan fingerprint density at radius 3 is 2.19 bits per heavy atom. The maximum Gasteiger partial charge on any atom is 0.340 e. The second-order valence-electron chi connectivity index (χ2n) is 11.9. The number of H-pyrrole nitrogens is 2. The molecule has 0 unspecified atom stereocenters. The van der Waals surface area contributed by atoms with E-state index in [0.717, 1.165) is 55.8 Å². The molecule has 0 aliphatic carbocycles. The summed E-state index contributed by atoms with van der Waals surface area (Å²) < 4.78 is 10.3. The van der Waals surface area contributed by atoms with Gasteiger partial charge in [0.1, 0.15) is 0 Å². The third-order valence-electron chi connectivity index (χ3n) is 8.11. The summed E-state index contributed by atoms with van der Waals surface area (Å²) in [5.41, 5.74) is 11.5. The summed E-state index contributed by atoms with van der Waals surface area (Å²) in [4.78, 5) is 42.7. The Morgan fingerprint density at radius 2 is 1.49 bits per heavy atom. The number of esters is 2. The maximum absolute atomic E-state index is 13.0. The monoisotopic (exact) mass is 574 g/mol. The van der Waals surface area contributed by atoms with Crippen molar-refractivity contribution in [1.82, 2.24) is 19.9 Å². The van der Waals surface area contributed by atoms with Crippen molar-refractivity contribution in [3.05, 3.63) is 93.6 Å². The zero-order valence-electron chi connectivity index (χ0n) is 25.4. The lowest BCUT2D eigenvalue weighted by atomic mass is 9.87. The summed E-state index contributed by atoms with van der Waals surface area (Å²) in [5, 5.41) is 0. The van der Waals surface area contributed by atoms with Crippen molar-refractivity contribution in [3.8, 4) is 11.1 Å². The van der Waals surface area contributed by atoms with E-state index >= 15 is 0 Å². The smallest absolute Gasteiger partial charge is 0.340 e. The molecule has 0 saturated heterocycles. The lowest BCUT2D eigenvalue weighted by molar-refractivity contribution is -0.133. The van der Waals surface area contributed by atoms with E-state index in [1.54, 1.807) is 12.1 Å². The first kappa shape index (κ1) is 28.2. The largest absolute Gasteiger partial charge is 0.465 e. The Labute approximate surface area is 249 Å². The van der Waals surface area contributed by atoms with Gasteiger partial charge in [0, 0.05) is 45.3 Å². The maximum atomic E-state index is 13.0. The molecular formula is C35H34N4O4. The molecular weight excluding hydrogens is 540 g/mol. The molecule has 0 spiro atoms. The van der Waals surface area contributed by atoms with Gasteiger partial charge in [0.15, 0.2) is 0 Å². The molecule has 8 heteroatoms. The molecule has 4 aromatic rings. The van der Waals surface area contributed by atoms with Crippen LogP contribution in [0.25, 0.3) is 44.8 Å². The van der Waals surface area contributed by atoms with Gasteiger partial charge in [0.05, 0.1) is 42.3 Å². The van der Waals surface area contributed by atoms with Crippen LogP contribution in [0.1, 0.15) is 63.7 Å². The van der Waals surface area contributed by atoms with Crippen LogP contribution < -0.4 is 0 Å². The zero-order valence-corrected chi connectivity index (χ0v) is 25.4. The number of hydrogen-bond acceptors (Lipinski definition) is 6. The molecule has 2 N–H and O–H groups in total. The summed E-state index contributed by atoms with van der Waals surface area (Å²) in [6.07, 6.45) is 2.45. The number of hydrogen-bond donors (Lipinski definition) is 2. The lowest BCUT2D eigenvalue weighted by Gasteiger charge is -2.15. The van der Waals surface area contributed by atoms with Gasteiger partial charge in [-0.2, -0.15) is 0 Å². The first-order valence-corrected chi connectivity index (χ1v) is 14.2. The normalized spacial score (nSPS) is 13.9. The number of aromatic nitrogens is 4. The lowest BCUT2D eigenvalue weighted by Crippen LogP contribution is -2.15. The molecule has 0 saturated carbocycles. The van der Waals surface area contributed by atoms with Crippen molar-refractivity contribution in [2.45, 2.75) is 46.5 Å². The molecule has 43 heavy (non-hydrogen) atoms. The molecule has 0 amide bonds. The molecule has 2 aliphatic rings. The minimum Gasteiger partial charge on any atom is -0.465 e. The summed E-state index contributed by atoms with van der Waals surface area (Å²) in [7, 11) is 2.76. The van der Waals surface area contributed by atoms with Crippen LogP contribution in [-0.2, 0) is 26.1 Å². The van der Waals surface area contributed by atoms with Crippen molar-refractivity contribution in [1.29, 1.82) is 0 Å². The number of nitrogens with zero attached hydrogens (tertiary/aromatic N) is 2. The van der Waals surface area contributed by atoms with Crippen molar-refractivity contribution in [3.63, 3.8) is 0 Å². The molecule has 8 nitrogen and oxygen atoms in total. The molecule has 3 aromatic heterocycles. The number of rotatable bonds is 3. The van der Waals surface area contributed by atoms with Crippen molar-refractivity contribution in [2.75, 3.05) is 14.2 Å². The van der Waals surface area contributed by atoms with Gasteiger partial charge >= 0.3 is 11.9 Å². The van der Waals surface area contributed by atoms with Crippen molar-refractivity contribution < 1.29 is 19.1 Å². The number of carbonyl (C=O) groups excluding carboxylic acids is 2. The van der Waals surface area contributed by atoms with E-state index in [0.29, 0.717) is 34.5 Å². The molecule has 0 radical (unpaired) electrons. The minimum absolute atomic E-state index is 0.289. The molecule has 0 fully saturated rings. The number of nitrogens with one attached hydrogen (secondary N) is 2. The molecule has 8 bridgehead atoms. The van der Waals surface area contributed by atoms with Crippen molar-refractivity contribution in [2.24, 2.45) is 0 Å². The van der Waals surface area contributed by atoms with Gasteiger partial charge in [-0.3, -0.25) is 4.98 Å². The average Bonchev–Trinajstić information content (AvgIpc) is 3.72. The van der Waals surface area contributed by atoms with E-state index in [1.165, 1.54) is 14.2 Å². The predicted molar refractivity (Wildman–Crippen MR) is 169 cm³/mol. The Balaban J connectivity index is 1.80. The Morgan fingerprint density at radius 1 is 0.791 bits per heavy atom. The van der Waals surface area contributed by atoms with Gasteiger partial charge in [-0.25, -0.2) is 14.6 Å². The third kappa shape index (κ3) is 5.03. The van der Waals surface area contributed by atoms with E-state index in [9.17, 15) is 9.59 Å². The summed E-state index contributed by atoms with van der Waals surface area (Å²) in [6.45, 7) is 10.5. The number of methoxy groups -OCH3 is 2. The average molecular weight is 575 g/mol. The number of aromatic amines is 2. The van der Waals surface area contributed by atoms with Gasteiger partial charge in [-0.15, -0.1) is 0 Å². The van der Waals surface area contributed by atoms with Crippen LogP contribution in [-0.4, -0.2) is 46.1 Å². The van der Waals surface area contributed by atoms with Crippen LogP contribution in [0.5, 0.6) is 0 Å². The highest BCUT2D eigenvalue weighted by molar-refractivity contribution is 6.22. The van der Waals surface area contributed by atoms with E-state index in [-0.39, 0.29) is 5.41 Å². The fourth-order valence-corrected chi connectivity index (χ4v) is 6.18. The van der Waals surface area contributed by atoms with Crippen LogP contribution in [0.3, 0.4) is 0 Å². The van der Waals surface area contributed by atoms with Gasteiger partial charge in [-0.05, 0) is 79.9 Å². The van der Waals surface area contributed by atoms with E-state index < -0.39 is 11.9 Å². The minimum atomic E-state index is -0.456. The molecule has 5 heterocycles. The van der Waals surface area contributed by atoms with Crippen LogP contribution in [0.2, 0.25) is 0 Å². The van der Waals surface area contributed by atoms with Crippen LogP contribution in [0, 0.1) is 20.8 Å². The van der Waals surface area contributed by atoms with Gasteiger partial charge < -0.3 is 19.4 Å².